The molecule has 3 nitrogen and oxygen atoms in total. The first-order valence-electron chi connectivity index (χ1n) is 6.72. The molecule has 4 heteroatoms. The van der Waals surface area contributed by atoms with Crippen LogP contribution in [0.1, 0.15) is 38.2 Å². The molecule has 2 rings (SSSR count). The minimum Gasteiger partial charge on any atom is -0.466 e. The van der Waals surface area contributed by atoms with Gasteiger partial charge < -0.3 is 9.47 Å². The van der Waals surface area contributed by atoms with Crippen molar-refractivity contribution in [3.63, 3.8) is 0 Å². The number of esters is 1. The monoisotopic (exact) mass is 282 g/mol. The highest BCUT2D eigenvalue weighted by molar-refractivity contribution is 6.31. The Hall–Kier alpha value is -1.06. The zero-order valence-electron chi connectivity index (χ0n) is 11.2. The fourth-order valence-corrected chi connectivity index (χ4v) is 2.92. The van der Waals surface area contributed by atoms with E-state index in [1.165, 1.54) is 0 Å². The molecule has 1 saturated heterocycles. The number of benzene rings is 1. The van der Waals surface area contributed by atoms with Gasteiger partial charge in [0.2, 0.25) is 0 Å². The first-order valence-corrected chi connectivity index (χ1v) is 7.10. The van der Waals surface area contributed by atoms with Gasteiger partial charge in [0.05, 0.1) is 12.2 Å². The molecule has 0 amide bonds. The molecule has 0 N–H and O–H groups in total. The van der Waals surface area contributed by atoms with Gasteiger partial charge in [-0.1, -0.05) is 29.8 Å². The zero-order valence-corrected chi connectivity index (χ0v) is 11.9. The Morgan fingerprint density at radius 3 is 2.89 bits per heavy atom. The Bertz CT molecular complexity index is 439. The summed E-state index contributed by atoms with van der Waals surface area (Å²) in [5, 5.41) is 0.702. The van der Waals surface area contributed by atoms with E-state index in [4.69, 9.17) is 21.1 Å². The van der Waals surface area contributed by atoms with Crippen molar-refractivity contribution in [2.75, 3.05) is 13.2 Å². The normalized spacial score (nSPS) is 22.4. The summed E-state index contributed by atoms with van der Waals surface area (Å²) < 4.78 is 10.9. The van der Waals surface area contributed by atoms with Crippen LogP contribution in [0.15, 0.2) is 24.3 Å². The van der Waals surface area contributed by atoms with E-state index in [1.54, 1.807) is 0 Å². The molecule has 1 unspecified atom stereocenters. The molecule has 1 heterocycles. The van der Waals surface area contributed by atoms with Gasteiger partial charge in [-0.2, -0.15) is 0 Å². The van der Waals surface area contributed by atoms with Gasteiger partial charge in [-0.25, -0.2) is 0 Å². The van der Waals surface area contributed by atoms with Gasteiger partial charge in [-0.05, 0) is 32.3 Å². The van der Waals surface area contributed by atoms with Crippen molar-refractivity contribution in [1.82, 2.24) is 0 Å². The minimum absolute atomic E-state index is 0.176. The smallest absolute Gasteiger partial charge is 0.305 e. The van der Waals surface area contributed by atoms with Crippen molar-refractivity contribution in [3.05, 3.63) is 34.9 Å². The maximum Gasteiger partial charge on any atom is 0.305 e. The summed E-state index contributed by atoms with van der Waals surface area (Å²) in [6, 6.07) is 7.71. The Labute approximate surface area is 118 Å². The Morgan fingerprint density at radius 1 is 1.47 bits per heavy atom. The molecule has 1 aliphatic rings. The number of carbonyl (C=O) groups is 1. The lowest BCUT2D eigenvalue weighted by molar-refractivity contribution is -0.144. The molecule has 0 aromatic heterocycles. The van der Waals surface area contributed by atoms with Crippen molar-refractivity contribution in [3.8, 4) is 0 Å². The Kier molecular flexibility index (Phi) is 4.83. The number of hydrogen-bond donors (Lipinski definition) is 0. The van der Waals surface area contributed by atoms with Crippen LogP contribution >= 0.6 is 11.6 Å². The highest BCUT2D eigenvalue weighted by Gasteiger charge is 2.38. The number of rotatable bonds is 5. The third-order valence-electron chi connectivity index (χ3n) is 3.51. The molecule has 1 aliphatic heterocycles. The lowest BCUT2D eigenvalue weighted by atomic mass is 9.86. The Morgan fingerprint density at radius 2 is 2.26 bits per heavy atom. The van der Waals surface area contributed by atoms with Crippen molar-refractivity contribution in [2.45, 2.75) is 38.2 Å². The second kappa shape index (κ2) is 6.40. The minimum atomic E-state index is -0.425. The zero-order chi connectivity index (χ0) is 13.7. The van der Waals surface area contributed by atoms with Crippen molar-refractivity contribution in [1.29, 1.82) is 0 Å². The van der Waals surface area contributed by atoms with Gasteiger partial charge in [0.1, 0.15) is 0 Å². The predicted octanol–water partition coefficient (Wildman–Crippen LogP) is 3.69. The molecular weight excluding hydrogens is 264 g/mol. The van der Waals surface area contributed by atoms with E-state index in [2.05, 4.69) is 0 Å². The van der Waals surface area contributed by atoms with Crippen LogP contribution in [0.5, 0.6) is 0 Å². The lowest BCUT2D eigenvalue weighted by Gasteiger charge is -2.29. The fraction of sp³-hybridized carbons (Fsp3) is 0.533. The first-order chi connectivity index (χ1) is 9.18. The Balaban J connectivity index is 2.15. The average molecular weight is 283 g/mol. The molecule has 0 radical (unpaired) electrons. The van der Waals surface area contributed by atoms with E-state index < -0.39 is 5.60 Å². The van der Waals surface area contributed by atoms with E-state index >= 15 is 0 Å². The predicted molar refractivity (Wildman–Crippen MR) is 74.2 cm³/mol. The number of ether oxygens (including phenoxy) is 2. The van der Waals surface area contributed by atoms with Gasteiger partial charge in [0.25, 0.3) is 0 Å². The van der Waals surface area contributed by atoms with Gasteiger partial charge in [-0.15, -0.1) is 0 Å². The third-order valence-corrected chi connectivity index (χ3v) is 3.84. The van der Waals surface area contributed by atoms with Crippen LogP contribution in [0.25, 0.3) is 0 Å². The van der Waals surface area contributed by atoms with Crippen LogP contribution in [0, 0.1) is 0 Å². The molecular formula is C15H19ClO3. The summed E-state index contributed by atoms with van der Waals surface area (Å²) in [6.07, 6.45) is 2.87. The molecule has 19 heavy (non-hydrogen) atoms. The summed E-state index contributed by atoms with van der Waals surface area (Å²) >= 11 is 6.27. The summed E-state index contributed by atoms with van der Waals surface area (Å²) in [6.45, 7) is 2.95. The largest absolute Gasteiger partial charge is 0.466 e. The number of hydrogen-bond acceptors (Lipinski definition) is 3. The quantitative estimate of drug-likeness (QED) is 0.773. The van der Waals surface area contributed by atoms with E-state index in [0.717, 1.165) is 18.4 Å². The molecule has 1 aromatic carbocycles. The van der Waals surface area contributed by atoms with Crippen molar-refractivity contribution in [2.24, 2.45) is 0 Å². The summed E-state index contributed by atoms with van der Waals surface area (Å²) in [5.41, 5.74) is 0.559. The van der Waals surface area contributed by atoms with E-state index in [9.17, 15) is 4.79 Å². The third kappa shape index (κ3) is 3.28. The van der Waals surface area contributed by atoms with E-state index in [1.807, 2.05) is 31.2 Å². The van der Waals surface area contributed by atoms with Gasteiger partial charge in [0, 0.05) is 23.6 Å². The molecule has 0 spiro atoms. The van der Waals surface area contributed by atoms with E-state index in [0.29, 0.717) is 31.1 Å². The van der Waals surface area contributed by atoms with Crippen LogP contribution in [-0.2, 0) is 19.9 Å². The second-order valence-corrected chi connectivity index (χ2v) is 5.14. The van der Waals surface area contributed by atoms with Crippen LogP contribution in [-0.4, -0.2) is 19.2 Å². The van der Waals surface area contributed by atoms with Gasteiger partial charge in [0.15, 0.2) is 0 Å². The summed E-state index contributed by atoms with van der Waals surface area (Å²) in [5.74, 6) is -0.176. The fourth-order valence-electron chi connectivity index (χ4n) is 2.61. The maximum absolute atomic E-state index is 11.5. The van der Waals surface area contributed by atoms with Crippen molar-refractivity contribution >= 4 is 17.6 Å². The number of carbonyl (C=O) groups excluding carboxylic acids is 1. The SMILES string of the molecule is CCOC(=O)CCC1(c2ccccc2Cl)CCCO1. The van der Waals surface area contributed by atoms with Crippen molar-refractivity contribution < 1.29 is 14.3 Å². The molecule has 1 fully saturated rings. The molecule has 104 valence electrons. The second-order valence-electron chi connectivity index (χ2n) is 4.73. The molecule has 0 saturated carbocycles. The van der Waals surface area contributed by atoms with Crippen LogP contribution in [0.4, 0.5) is 0 Å². The first kappa shape index (κ1) is 14.4. The van der Waals surface area contributed by atoms with Crippen LogP contribution < -0.4 is 0 Å². The topological polar surface area (TPSA) is 35.5 Å². The van der Waals surface area contributed by atoms with E-state index in [-0.39, 0.29) is 5.97 Å². The summed E-state index contributed by atoms with van der Waals surface area (Å²) in [4.78, 5) is 11.5. The maximum atomic E-state index is 11.5. The van der Waals surface area contributed by atoms with Gasteiger partial charge in [-0.3, -0.25) is 4.79 Å². The average Bonchev–Trinajstić information content (AvgIpc) is 2.87. The highest BCUT2D eigenvalue weighted by Crippen LogP contribution is 2.43. The lowest BCUT2D eigenvalue weighted by Crippen LogP contribution is -2.26. The molecule has 1 aromatic rings. The number of halogens is 1. The van der Waals surface area contributed by atoms with Crippen LogP contribution in [0.2, 0.25) is 5.02 Å². The highest BCUT2D eigenvalue weighted by atomic mass is 35.5. The van der Waals surface area contributed by atoms with Gasteiger partial charge >= 0.3 is 5.97 Å². The molecule has 0 bridgehead atoms. The molecule has 1 atom stereocenters. The summed E-state index contributed by atoms with van der Waals surface area (Å²) in [7, 11) is 0. The van der Waals surface area contributed by atoms with Crippen LogP contribution in [0.3, 0.4) is 0 Å². The standard InChI is InChI=1S/C15H19ClO3/c1-2-18-14(17)8-10-15(9-5-11-19-15)12-6-3-4-7-13(12)16/h3-4,6-7H,2,5,8-11H2,1H3. The molecule has 0 aliphatic carbocycles.